The fourth-order valence-corrected chi connectivity index (χ4v) is 4.53. The number of amides is 1. The number of nitrogens with one attached hydrogen (secondary N) is 2. The maximum absolute atomic E-state index is 13.4. The second-order valence-electron chi connectivity index (χ2n) is 9.11. The Bertz CT molecular complexity index is 1490. The van der Waals surface area contributed by atoms with Crippen LogP contribution >= 0.6 is 0 Å². The molecule has 0 aliphatic heterocycles. The summed E-state index contributed by atoms with van der Waals surface area (Å²) >= 11 is 0. The number of hydrogen-bond acceptors (Lipinski definition) is 5. The largest absolute Gasteiger partial charge is 0.416 e. The summed E-state index contributed by atoms with van der Waals surface area (Å²) in [4.78, 5) is 26.6. The number of rotatable bonds is 8. The first kappa shape index (κ1) is 26.6. The average Bonchev–Trinajstić information content (AvgIpc) is 3.66. The van der Waals surface area contributed by atoms with Crippen molar-refractivity contribution >= 4 is 15.7 Å². The van der Waals surface area contributed by atoms with Crippen molar-refractivity contribution in [3.05, 3.63) is 92.9 Å². The number of hydrogen-bond donors (Lipinski definition) is 2. The van der Waals surface area contributed by atoms with Crippen LogP contribution in [0, 0.1) is 6.92 Å². The Morgan fingerprint density at radius 2 is 1.73 bits per heavy atom. The Labute approximate surface area is 212 Å². The van der Waals surface area contributed by atoms with Gasteiger partial charge in [-0.25, -0.2) is 8.42 Å². The Hall–Kier alpha value is -3.44. The average molecular weight is 534 g/mol. The number of sulfone groups is 1. The molecule has 2 aromatic carbocycles. The summed E-state index contributed by atoms with van der Waals surface area (Å²) in [6.07, 6.45) is -1.48. The van der Waals surface area contributed by atoms with Crippen molar-refractivity contribution in [3.63, 3.8) is 0 Å². The van der Waals surface area contributed by atoms with E-state index in [1.54, 1.807) is 19.1 Å². The fourth-order valence-electron chi connectivity index (χ4n) is 3.90. The van der Waals surface area contributed by atoms with Gasteiger partial charge in [0.2, 0.25) is 0 Å². The zero-order chi connectivity index (χ0) is 27.0. The molecule has 0 spiro atoms. The van der Waals surface area contributed by atoms with Gasteiger partial charge in [0.1, 0.15) is 5.56 Å². The third-order valence-corrected chi connectivity index (χ3v) is 7.32. The smallest absolute Gasteiger partial charge is 0.348 e. The van der Waals surface area contributed by atoms with Crippen LogP contribution in [0.3, 0.4) is 0 Å². The van der Waals surface area contributed by atoms with E-state index in [4.69, 9.17) is 0 Å². The molecule has 4 rings (SSSR count). The van der Waals surface area contributed by atoms with Crippen LogP contribution in [0.15, 0.2) is 64.3 Å². The molecule has 0 radical (unpaired) electrons. The summed E-state index contributed by atoms with van der Waals surface area (Å²) in [7, 11) is -3.37. The molecule has 1 saturated carbocycles. The first-order valence-electron chi connectivity index (χ1n) is 11.6. The molecular formula is C26H26F3N3O4S. The quantitative estimate of drug-likeness (QED) is 0.460. The van der Waals surface area contributed by atoms with Crippen LogP contribution in [-0.4, -0.2) is 31.2 Å². The molecule has 1 aliphatic carbocycles. The lowest BCUT2D eigenvalue weighted by molar-refractivity contribution is -0.137. The molecule has 7 nitrogen and oxygen atoms in total. The van der Waals surface area contributed by atoms with Crippen LogP contribution in [0.25, 0.3) is 5.69 Å². The Kier molecular flexibility index (Phi) is 7.29. The van der Waals surface area contributed by atoms with Crippen molar-refractivity contribution < 1.29 is 26.4 Å². The van der Waals surface area contributed by atoms with Crippen LogP contribution < -0.4 is 16.2 Å². The predicted octanol–water partition coefficient (Wildman–Crippen LogP) is 3.75. The van der Waals surface area contributed by atoms with E-state index in [0.29, 0.717) is 29.4 Å². The number of halogens is 3. The molecule has 0 bridgehead atoms. The monoisotopic (exact) mass is 533 g/mol. The molecule has 1 heterocycles. The van der Waals surface area contributed by atoms with E-state index in [0.717, 1.165) is 35.8 Å². The van der Waals surface area contributed by atoms with Crippen molar-refractivity contribution in [1.29, 1.82) is 0 Å². The second kappa shape index (κ2) is 10.1. The predicted molar refractivity (Wildman–Crippen MR) is 132 cm³/mol. The number of alkyl halides is 3. The van der Waals surface area contributed by atoms with Crippen molar-refractivity contribution in [2.75, 3.05) is 6.26 Å². The summed E-state index contributed by atoms with van der Waals surface area (Å²) in [5, 5.41) is 5.96. The summed E-state index contributed by atoms with van der Waals surface area (Å²) in [5.41, 5.74) is -0.170. The van der Waals surface area contributed by atoms with E-state index in [9.17, 15) is 31.2 Å². The SMILES string of the molecule is Cc1c(CNC2CC2)cc(C(=O)NCc2ccc(S(C)(=O)=O)cc2)c(=O)n1-c1cccc(C(F)(F)F)c1. The zero-order valence-corrected chi connectivity index (χ0v) is 21.0. The number of nitrogens with zero attached hydrogens (tertiary/aromatic N) is 1. The normalized spacial score (nSPS) is 14.0. The highest BCUT2D eigenvalue weighted by Gasteiger charge is 2.31. The van der Waals surface area contributed by atoms with Gasteiger partial charge in [0, 0.05) is 36.8 Å². The van der Waals surface area contributed by atoms with Gasteiger partial charge >= 0.3 is 6.18 Å². The van der Waals surface area contributed by atoms with Crippen molar-refractivity contribution in [2.45, 2.75) is 50.0 Å². The summed E-state index contributed by atoms with van der Waals surface area (Å²) in [6, 6.07) is 12.2. The minimum atomic E-state index is -4.59. The first-order chi connectivity index (χ1) is 17.3. The van der Waals surface area contributed by atoms with Crippen LogP contribution in [0.4, 0.5) is 13.2 Å². The lowest BCUT2D eigenvalue weighted by Crippen LogP contribution is -2.34. The fraction of sp³-hybridized carbons (Fsp3) is 0.308. The van der Waals surface area contributed by atoms with Gasteiger partial charge in [-0.15, -0.1) is 0 Å². The van der Waals surface area contributed by atoms with Crippen molar-refractivity contribution in [1.82, 2.24) is 15.2 Å². The Morgan fingerprint density at radius 3 is 2.32 bits per heavy atom. The summed E-state index contributed by atoms with van der Waals surface area (Å²) in [5.74, 6) is -0.689. The molecule has 11 heteroatoms. The van der Waals surface area contributed by atoms with Gasteiger partial charge in [0.25, 0.3) is 11.5 Å². The number of benzene rings is 2. The van der Waals surface area contributed by atoms with E-state index in [1.165, 1.54) is 30.3 Å². The van der Waals surface area contributed by atoms with Gasteiger partial charge in [0.15, 0.2) is 9.84 Å². The van der Waals surface area contributed by atoms with E-state index in [-0.39, 0.29) is 22.7 Å². The highest BCUT2D eigenvalue weighted by atomic mass is 32.2. The highest BCUT2D eigenvalue weighted by Crippen LogP contribution is 2.30. The second-order valence-corrected chi connectivity index (χ2v) is 11.1. The highest BCUT2D eigenvalue weighted by molar-refractivity contribution is 7.90. The Morgan fingerprint density at radius 1 is 1.05 bits per heavy atom. The third-order valence-electron chi connectivity index (χ3n) is 6.19. The first-order valence-corrected chi connectivity index (χ1v) is 13.5. The van der Waals surface area contributed by atoms with Gasteiger partial charge in [-0.3, -0.25) is 14.2 Å². The van der Waals surface area contributed by atoms with Gasteiger partial charge in [-0.1, -0.05) is 18.2 Å². The number of carbonyl (C=O) groups is 1. The molecule has 2 N–H and O–H groups in total. The van der Waals surface area contributed by atoms with E-state index in [1.807, 2.05) is 0 Å². The maximum Gasteiger partial charge on any atom is 0.416 e. The van der Waals surface area contributed by atoms with Crippen LogP contribution in [-0.2, 0) is 29.1 Å². The molecule has 1 aliphatic rings. The van der Waals surface area contributed by atoms with E-state index >= 15 is 0 Å². The minimum absolute atomic E-state index is 0.0102. The van der Waals surface area contributed by atoms with Crippen LogP contribution in [0.2, 0.25) is 0 Å². The van der Waals surface area contributed by atoms with Gasteiger partial charge < -0.3 is 10.6 Å². The van der Waals surface area contributed by atoms with Gasteiger partial charge in [-0.05, 0) is 67.3 Å². The molecule has 1 aromatic heterocycles. The van der Waals surface area contributed by atoms with Crippen molar-refractivity contribution in [3.8, 4) is 5.69 Å². The molecule has 37 heavy (non-hydrogen) atoms. The standard InChI is InChI=1S/C26H26F3N3O4S/c1-16-18(15-30-20-8-9-20)12-23(24(33)31-14-17-6-10-22(11-7-17)37(2,35)36)25(34)32(16)21-5-3-4-19(13-21)26(27,28)29/h3-7,10-13,20,30H,8-9,14-15H2,1-2H3,(H,31,33). The Balaban J connectivity index is 1.68. The zero-order valence-electron chi connectivity index (χ0n) is 20.2. The van der Waals surface area contributed by atoms with E-state index in [2.05, 4.69) is 10.6 Å². The number of aromatic nitrogens is 1. The molecule has 3 aromatic rings. The molecular weight excluding hydrogens is 507 g/mol. The topological polar surface area (TPSA) is 97.3 Å². The van der Waals surface area contributed by atoms with Crippen molar-refractivity contribution in [2.24, 2.45) is 0 Å². The van der Waals surface area contributed by atoms with Gasteiger partial charge in [-0.2, -0.15) is 13.2 Å². The lowest BCUT2D eigenvalue weighted by Gasteiger charge is -2.18. The molecule has 0 saturated heterocycles. The molecule has 0 unspecified atom stereocenters. The van der Waals surface area contributed by atoms with E-state index < -0.39 is 33.0 Å². The summed E-state index contributed by atoms with van der Waals surface area (Å²) in [6.45, 7) is 2.01. The summed E-state index contributed by atoms with van der Waals surface area (Å²) < 4.78 is 64.5. The third kappa shape index (κ3) is 6.28. The van der Waals surface area contributed by atoms with Crippen LogP contribution in [0.5, 0.6) is 0 Å². The van der Waals surface area contributed by atoms with Crippen LogP contribution in [0.1, 0.15) is 45.6 Å². The molecule has 196 valence electrons. The number of pyridine rings is 1. The molecule has 0 atom stereocenters. The number of carbonyl (C=O) groups excluding carboxylic acids is 1. The minimum Gasteiger partial charge on any atom is -0.348 e. The molecule has 1 fully saturated rings. The van der Waals surface area contributed by atoms with Gasteiger partial charge in [0.05, 0.1) is 10.5 Å². The maximum atomic E-state index is 13.4. The lowest BCUT2D eigenvalue weighted by atomic mass is 10.1. The molecule has 1 amide bonds.